The van der Waals surface area contributed by atoms with Gasteiger partial charge in [-0.25, -0.2) is 0 Å². The van der Waals surface area contributed by atoms with Crippen molar-refractivity contribution in [1.29, 1.82) is 0 Å². The lowest BCUT2D eigenvalue weighted by atomic mass is 10.1. The van der Waals surface area contributed by atoms with Crippen LogP contribution < -0.4 is 0 Å². The Hall–Kier alpha value is -0.220. The SMILES string of the molecule is CN(C)C(C(=O)O)C1CCCCS1. The molecule has 3 nitrogen and oxygen atoms in total. The van der Waals surface area contributed by atoms with E-state index in [9.17, 15) is 4.79 Å². The van der Waals surface area contributed by atoms with Crippen molar-refractivity contribution in [1.82, 2.24) is 4.90 Å². The van der Waals surface area contributed by atoms with Gasteiger partial charge in [0.15, 0.2) is 0 Å². The summed E-state index contributed by atoms with van der Waals surface area (Å²) in [5.41, 5.74) is 0. The number of carboxylic acids is 1. The zero-order valence-electron chi connectivity index (χ0n) is 8.19. The molecule has 0 aromatic heterocycles. The Bertz CT molecular complexity index is 178. The molecule has 0 aromatic rings. The Morgan fingerprint density at radius 3 is 2.62 bits per heavy atom. The predicted molar refractivity (Wildman–Crippen MR) is 55.2 cm³/mol. The average Bonchev–Trinajstić information content (AvgIpc) is 2.04. The van der Waals surface area contributed by atoms with E-state index in [0.29, 0.717) is 0 Å². The van der Waals surface area contributed by atoms with Crippen LogP contribution >= 0.6 is 11.8 Å². The lowest BCUT2D eigenvalue weighted by Crippen LogP contribution is -2.44. The molecule has 1 aliphatic rings. The molecule has 1 aliphatic heterocycles. The first-order chi connectivity index (χ1) is 6.13. The van der Waals surface area contributed by atoms with Crippen LogP contribution in [0, 0.1) is 0 Å². The molecule has 0 amide bonds. The summed E-state index contributed by atoms with van der Waals surface area (Å²) in [5.74, 6) is 0.423. The zero-order chi connectivity index (χ0) is 9.84. The van der Waals surface area contributed by atoms with E-state index in [1.165, 1.54) is 12.8 Å². The molecule has 0 bridgehead atoms. The molecule has 0 aliphatic carbocycles. The highest BCUT2D eigenvalue weighted by molar-refractivity contribution is 8.00. The van der Waals surface area contributed by atoms with Crippen molar-refractivity contribution in [2.24, 2.45) is 0 Å². The molecule has 1 saturated heterocycles. The van der Waals surface area contributed by atoms with Crippen molar-refractivity contribution in [3.05, 3.63) is 0 Å². The first-order valence-electron chi connectivity index (χ1n) is 4.63. The fraction of sp³-hybridized carbons (Fsp3) is 0.889. The molecule has 0 saturated carbocycles. The second-order valence-corrected chi connectivity index (χ2v) is 5.00. The summed E-state index contributed by atoms with van der Waals surface area (Å²) in [6.45, 7) is 0. The number of thioether (sulfide) groups is 1. The van der Waals surface area contributed by atoms with Crippen molar-refractivity contribution >= 4 is 17.7 Å². The van der Waals surface area contributed by atoms with Gasteiger partial charge in [-0.3, -0.25) is 9.69 Å². The van der Waals surface area contributed by atoms with Gasteiger partial charge in [-0.15, -0.1) is 0 Å². The Balaban J connectivity index is 2.57. The van der Waals surface area contributed by atoms with Gasteiger partial charge in [0, 0.05) is 5.25 Å². The maximum absolute atomic E-state index is 11.0. The number of likely N-dealkylation sites (N-methyl/N-ethyl adjacent to an activating group) is 1. The van der Waals surface area contributed by atoms with Crippen LogP contribution in [0.4, 0.5) is 0 Å². The van der Waals surface area contributed by atoms with Crippen molar-refractivity contribution in [3.63, 3.8) is 0 Å². The van der Waals surface area contributed by atoms with Gasteiger partial charge in [0.25, 0.3) is 0 Å². The van der Waals surface area contributed by atoms with E-state index in [0.717, 1.165) is 12.2 Å². The van der Waals surface area contributed by atoms with Gasteiger partial charge in [-0.2, -0.15) is 11.8 Å². The fourth-order valence-electron chi connectivity index (χ4n) is 1.73. The molecule has 1 fully saturated rings. The topological polar surface area (TPSA) is 40.5 Å². The quantitative estimate of drug-likeness (QED) is 0.750. The second kappa shape index (κ2) is 4.86. The van der Waals surface area contributed by atoms with E-state index in [-0.39, 0.29) is 11.3 Å². The van der Waals surface area contributed by atoms with E-state index < -0.39 is 5.97 Å². The minimum Gasteiger partial charge on any atom is -0.480 e. The normalized spacial score (nSPS) is 25.9. The molecular formula is C9H17NO2S. The van der Waals surface area contributed by atoms with E-state index in [4.69, 9.17) is 5.11 Å². The Morgan fingerprint density at radius 1 is 1.54 bits per heavy atom. The lowest BCUT2D eigenvalue weighted by Gasteiger charge is -2.31. The Kier molecular flexibility index (Phi) is 4.06. The first kappa shape index (κ1) is 10.9. The Labute approximate surface area is 83.5 Å². The van der Waals surface area contributed by atoms with Crippen LogP contribution in [0.25, 0.3) is 0 Å². The van der Waals surface area contributed by atoms with Crippen molar-refractivity contribution in [2.45, 2.75) is 30.6 Å². The average molecular weight is 203 g/mol. The highest BCUT2D eigenvalue weighted by Gasteiger charge is 2.31. The monoisotopic (exact) mass is 203 g/mol. The van der Waals surface area contributed by atoms with Crippen molar-refractivity contribution in [2.75, 3.05) is 19.8 Å². The van der Waals surface area contributed by atoms with Gasteiger partial charge < -0.3 is 5.11 Å². The van der Waals surface area contributed by atoms with Crippen LogP contribution in [0.3, 0.4) is 0 Å². The molecule has 4 heteroatoms. The van der Waals surface area contributed by atoms with E-state index in [2.05, 4.69) is 0 Å². The number of carboxylic acid groups (broad SMARTS) is 1. The summed E-state index contributed by atoms with van der Waals surface area (Å²) < 4.78 is 0. The van der Waals surface area contributed by atoms with Gasteiger partial charge in [0.05, 0.1) is 0 Å². The minimum atomic E-state index is -0.690. The van der Waals surface area contributed by atoms with E-state index >= 15 is 0 Å². The molecule has 2 atom stereocenters. The van der Waals surface area contributed by atoms with Gasteiger partial charge in [0.2, 0.25) is 0 Å². The third-order valence-corrected chi connectivity index (χ3v) is 3.82. The summed E-state index contributed by atoms with van der Waals surface area (Å²) in [6.07, 6.45) is 3.45. The molecule has 2 unspecified atom stereocenters. The van der Waals surface area contributed by atoms with Crippen molar-refractivity contribution < 1.29 is 9.90 Å². The summed E-state index contributed by atoms with van der Waals surface area (Å²) >= 11 is 1.81. The smallest absolute Gasteiger partial charge is 0.322 e. The zero-order valence-corrected chi connectivity index (χ0v) is 9.01. The van der Waals surface area contributed by atoms with Crippen LogP contribution in [-0.2, 0) is 4.79 Å². The highest BCUT2D eigenvalue weighted by atomic mass is 32.2. The highest BCUT2D eigenvalue weighted by Crippen LogP contribution is 2.29. The molecule has 76 valence electrons. The largest absolute Gasteiger partial charge is 0.480 e. The fourth-order valence-corrected chi connectivity index (χ4v) is 3.28. The van der Waals surface area contributed by atoms with Crippen LogP contribution in [0.2, 0.25) is 0 Å². The maximum Gasteiger partial charge on any atom is 0.322 e. The van der Waals surface area contributed by atoms with Crippen LogP contribution in [0.5, 0.6) is 0 Å². The number of aliphatic carboxylic acids is 1. The summed E-state index contributed by atoms with van der Waals surface area (Å²) in [4.78, 5) is 12.8. The van der Waals surface area contributed by atoms with Crippen LogP contribution in [-0.4, -0.2) is 47.1 Å². The molecule has 1 rings (SSSR count). The lowest BCUT2D eigenvalue weighted by molar-refractivity contribution is -0.142. The molecule has 1 heterocycles. The molecule has 0 spiro atoms. The van der Waals surface area contributed by atoms with E-state index in [1.807, 2.05) is 19.0 Å². The first-order valence-corrected chi connectivity index (χ1v) is 5.68. The third-order valence-electron chi connectivity index (χ3n) is 2.38. The molecule has 0 radical (unpaired) electrons. The van der Waals surface area contributed by atoms with Gasteiger partial charge in [-0.1, -0.05) is 6.42 Å². The number of rotatable bonds is 3. The van der Waals surface area contributed by atoms with Crippen LogP contribution in [0.15, 0.2) is 0 Å². The summed E-state index contributed by atoms with van der Waals surface area (Å²) in [6, 6.07) is -0.315. The van der Waals surface area contributed by atoms with Gasteiger partial charge in [0.1, 0.15) is 6.04 Å². The molecular weight excluding hydrogens is 186 g/mol. The standard InChI is InChI=1S/C9H17NO2S/c1-10(2)8(9(11)12)7-5-3-4-6-13-7/h7-8H,3-6H2,1-2H3,(H,11,12). The molecule has 0 aromatic carbocycles. The van der Waals surface area contributed by atoms with Crippen molar-refractivity contribution in [3.8, 4) is 0 Å². The van der Waals surface area contributed by atoms with Gasteiger partial charge >= 0.3 is 5.97 Å². The number of nitrogens with zero attached hydrogens (tertiary/aromatic N) is 1. The summed E-state index contributed by atoms with van der Waals surface area (Å²) in [7, 11) is 3.68. The van der Waals surface area contributed by atoms with Gasteiger partial charge in [-0.05, 0) is 32.7 Å². The minimum absolute atomic E-state index is 0.279. The predicted octanol–water partition coefficient (Wildman–Crippen LogP) is 1.29. The number of hydrogen-bond donors (Lipinski definition) is 1. The van der Waals surface area contributed by atoms with E-state index in [1.54, 1.807) is 11.8 Å². The molecule has 1 N–H and O–H groups in total. The second-order valence-electron chi connectivity index (χ2n) is 3.65. The number of hydrogen-bond acceptors (Lipinski definition) is 3. The molecule has 13 heavy (non-hydrogen) atoms. The summed E-state index contributed by atoms with van der Waals surface area (Å²) in [5, 5.41) is 9.32. The maximum atomic E-state index is 11.0. The third kappa shape index (κ3) is 2.88. The van der Waals surface area contributed by atoms with Crippen LogP contribution in [0.1, 0.15) is 19.3 Å². The number of carbonyl (C=O) groups is 1. The Morgan fingerprint density at radius 2 is 2.23 bits per heavy atom.